The van der Waals surface area contributed by atoms with Gasteiger partial charge in [-0.25, -0.2) is 4.98 Å². The lowest BCUT2D eigenvalue weighted by Gasteiger charge is -2.01. The number of rotatable bonds is 9. The number of benzene rings is 1. The highest BCUT2D eigenvalue weighted by molar-refractivity contribution is 7.14. The van der Waals surface area contributed by atoms with Crippen molar-refractivity contribution in [1.82, 2.24) is 9.97 Å². The van der Waals surface area contributed by atoms with Gasteiger partial charge in [0.05, 0.1) is 12.2 Å². The summed E-state index contributed by atoms with van der Waals surface area (Å²) >= 11 is 1.26. The molecule has 6 nitrogen and oxygen atoms in total. The van der Waals surface area contributed by atoms with Crippen LogP contribution in [0.15, 0.2) is 30.5 Å². The van der Waals surface area contributed by atoms with Gasteiger partial charge >= 0.3 is 0 Å². The third kappa shape index (κ3) is 3.90. The fourth-order valence-corrected chi connectivity index (χ4v) is 3.65. The number of ketones is 2. The first kappa shape index (κ1) is 18.4. The van der Waals surface area contributed by atoms with Crippen molar-refractivity contribution in [2.45, 2.75) is 19.8 Å². The third-order valence-electron chi connectivity index (χ3n) is 4.04. The number of Topliss-reactive ketones (excluding diaryl/α,β-unsaturated/α-hetero) is 1. The van der Waals surface area contributed by atoms with Crippen LogP contribution in [0.2, 0.25) is 0 Å². The Morgan fingerprint density at radius 2 is 2.08 bits per heavy atom. The monoisotopic (exact) mass is 371 g/mol. The molecule has 0 saturated heterocycles. The number of hydrogen-bond donors (Lipinski definition) is 2. The number of nitrogens with two attached hydrogens (primary N) is 1. The highest BCUT2D eigenvalue weighted by Gasteiger charge is 2.22. The molecule has 0 amide bonds. The van der Waals surface area contributed by atoms with Gasteiger partial charge in [0.15, 0.2) is 10.8 Å². The summed E-state index contributed by atoms with van der Waals surface area (Å²) in [4.78, 5) is 33.4. The van der Waals surface area contributed by atoms with Crippen molar-refractivity contribution < 1.29 is 14.3 Å². The van der Waals surface area contributed by atoms with Gasteiger partial charge in [-0.3, -0.25) is 9.59 Å². The molecule has 2 heterocycles. The summed E-state index contributed by atoms with van der Waals surface area (Å²) in [6.07, 6.45) is 2.65. The first-order valence-electron chi connectivity index (χ1n) is 8.51. The second-order valence-electron chi connectivity index (χ2n) is 5.93. The van der Waals surface area contributed by atoms with Gasteiger partial charge in [0.1, 0.15) is 5.69 Å². The maximum atomic E-state index is 12.8. The lowest BCUT2D eigenvalue weighted by atomic mass is 10.1. The van der Waals surface area contributed by atoms with Crippen LogP contribution in [0.3, 0.4) is 0 Å². The second-order valence-corrected chi connectivity index (χ2v) is 7.13. The summed E-state index contributed by atoms with van der Waals surface area (Å²) in [5.74, 6) is -0.228. The minimum absolute atomic E-state index is 0.0620. The molecule has 2 aromatic heterocycles. The average Bonchev–Trinajstić information content (AvgIpc) is 3.24. The molecule has 3 N–H and O–H groups in total. The van der Waals surface area contributed by atoms with Crippen molar-refractivity contribution in [2.75, 3.05) is 19.8 Å². The van der Waals surface area contributed by atoms with E-state index in [0.29, 0.717) is 48.9 Å². The fraction of sp³-hybridized carbons (Fsp3) is 0.316. The van der Waals surface area contributed by atoms with Gasteiger partial charge in [-0.05, 0) is 19.4 Å². The van der Waals surface area contributed by atoms with Gasteiger partial charge in [-0.15, -0.1) is 11.3 Å². The molecule has 0 aliphatic heterocycles. The molecule has 0 atom stereocenters. The summed E-state index contributed by atoms with van der Waals surface area (Å²) in [5, 5.41) is 1.20. The highest BCUT2D eigenvalue weighted by atomic mass is 32.1. The number of nitrogens with one attached hydrogen (secondary N) is 1. The predicted molar refractivity (Wildman–Crippen MR) is 102 cm³/mol. The molecule has 3 aromatic rings. The van der Waals surface area contributed by atoms with Crippen LogP contribution in [0.1, 0.15) is 43.6 Å². The molecule has 0 fully saturated rings. The molecule has 0 saturated carbocycles. The molecule has 0 unspecified atom stereocenters. The molecule has 0 aliphatic rings. The lowest BCUT2D eigenvalue weighted by Crippen LogP contribution is -2.10. The van der Waals surface area contributed by atoms with Gasteiger partial charge in [-0.1, -0.05) is 18.2 Å². The molecule has 1 aromatic carbocycles. The Morgan fingerprint density at radius 1 is 1.27 bits per heavy atom. The normalized spacial score (nSPS) is 11.2. The summed E-state index contributed by atoms with van der Waals surface area (Å²) in [5.41, 5.74) is 7.21. The van der Waals surface area contributed by atoms with Crippen LogP contribution in [0, 0.1) is 6.92 Å². The van der Waals surface area contributed by atoms with E-state index >= 15 is 0 Å². The Balaban J connectivity index is 1.73. The first-order valence-corrected chi connectivity index (χ1v) is 9.32. The second kappa shape index (κ2) is 8.35. The Morgan fingerprint density at radius 3 is 2.88 bits per heavy atom. The molecule has 0 aliphatic carbocycles. The molecule has 7 heteroatoms. The van der Waals surface area contributed by atoms with Crippen molar-refractivity contribution in [2.24, 2.45) is 5.73 Å². The number of fused-ring (bicyclic) bond motifs is 1. The van der Waals surface area contributed by atoms with Crippen LogP contribution in [0.25, 0.3) is 10.9 Å². The van der Waals surface area contributed by atoms with E-state index in [1.165, 1.54) is 11.3 Å². The zero-order valence-corrected chi connectivity index (χ0v) is 15.4. The Kier molecular flexibility index (Phi) is 5.92. The van der Waals surface area contributed by atoms with E-state index in [2.05, 4.69) is 9.97 Å². The van der Waals surface area contributed by atoms with Gasteiger partial charge in [0.2, 0.25) is 5.78 Å². The largest absolute Gasteiger partial charge is 0.380 e. The maximum Gasteiger partial charge on any atom is 0.223 e. The van der Waals surface area contributed by atoms with Gasteiger partial charge in [0, 0.05) is 41.5 Å². The lowest BCUT2D eigenvalue weighted by molar-refractivity contribution is 0.0939. The molecular weight excluding hydrogens is 350 g/mol. The van der Waals surface area contributed by atoms with Crippen LogP contribution in [0.5, 0.6) is 0 Å². The van der Waals surface area contributed by atoms with Crippen LogP contribution < -0.4 is 5.73 Å². The highest BCUT2D eigenvalue weighted by Crippen LogP contribution is 2.25. The molecule has 0 radical (unpaired) electrons. The first-order chi connectivity index (χ1) is 12.6. The SMILES string of the molecule is Cc1sc(C(=O)c2c[nH]c3ccccc23)nc1C(=O)CCCOCCN. The topological polar surface area (TPSA) is 98.1 Å². The number of nitrogens with zero attached hydrogens (tertiary/aromatic N) is 1. The van der Waals surface area contributed by atoms with Crippen molar-refractivity contribution in [1.29, 1.82) is 0 Å². The molecule has 0 bridgehead atoms. The molecule has 0 spiro atoms. The van der Waals surface area contributed by atoms with Crippen LogP contribution in [0.4, 0.5) is 0 Å². The molecule has 136 valence electrons. The van der Waals surface area contributed by atoms with E-state index in [9.17, 15) is 9.59 Å². The molecule has 3 rings (SSSR count). The number of H-pyrrole nitrogens is 1. The van der Waals surface area contributed by atoms with Crippen LogP contribution in [-0.2, 0) is 4.74 Å². The summed E-state index contributed by atoms with van der Waals surface area (Å²) in [6, 6.07) is 7.62. The van der Waals surface area contributed by atoms with E-state index in [1.54, 1.807) is 6.20 Å². The molecule has 26 heavy (non-hydrogen) atoms. The van der Waals surface area contributed by atoms with E-state index in [0.717, 1.165) is 15.8 Å². The number of thiazole rings is 1. The summed E-state index contributed by atoms with van der Waals surface area (Å²) in [7, 11) is 0. The standard InChI is InChI=1S/C19H21N3O3S/c1-12-17(16(23)7-4-9-25-10-8-20)22-19(26-12)18(24)14-11-21-15-6-3-2-5-13(14)15/h2-3,5-6,11,21H,4,7-10,20H2,1H3. The van der Waals surface area contributed by atoms with Crippen LogP contribution >= 0.6 is 11.3 Å². The minimum Gasteiger partial charge on any atom is -0.380 e. The van der Waals surface area contributed by atoms with Gasteiger partial charge in [-0.2, -0.15) is 0 Å². The summed E-state index contributed by atoms with van der Waals surface area (Å²) in [6.45, 7) is 3.28. The quantitative estimate of drug-likeness (QED) is 0.445. The number of aryl methyl sites for hydroxylation is 1. The number of aromatic amines is 1. The van der Waals surface area contributed by atoms with Crippen molar-refractivity contribution in [3.63, 3.8) is 0 Å². The van der Waals surface area contributed by atoms with Crippen molar-refractivity contribution >= 4 is 33.8 Å². The Hall–Kier alpha value is -2.35. The van der Waals surface area contributed by atoms with Gasteiger partial charge < -0.3 is 15.5 Å². The zero-order chi connectivity index (χ0) is 18.5. The van der Waals surface area contributed by atoms with E-state index in [-0.39, 0.29) is 11.6 Å². The zero-order valence-electron chi connectivity index (χ0n) is 14.6. The number of hydrogen-bond acceptors (Lipinski definition) is 6. The maximum absolute atomic E-state index is 12.8. The van der Waals surface area contributed by atoms with Gasteiger partial charge in [0.25, 0.3) is 0 Å². The van der Waals surface area contributed by atoms with Crippen LogP contribution in [-0.4, -0.2) is 41.3 Å². The van der Waals surface area contributed by atoms with E-state index in [4.69, 9.17) is 10.5 Å². The fourth-order valence-electron chi connectivity index (χ4n) is 2.77. The Labute approximate surface area is 155 Å². The number of carbonyl (C=O) groups excluding carboxylic acids is 2. The predicted octanol–water partition coefficient (Wildman–Crippen LogP) is 3.10. The summed E-state index contributed by atoms with van der Waals surface area (Å²) < 4.78 is 5.28. The minimum atomic E-state index is -0.166. The van der Waals surface area contributed by atoms with Crippen molar-refractivity contribution in [3.8, 4) is 0 Å². The smallest absolute Gasteiger partial charge is 0.223 e. The molecular formula is C19H21N3O3S. The number of ether oxygens (including phenoxy) is 1. The van der Waals surface area contributed by atoms with E-state index < -0.39 is 0 Å². The Bertz CT molecular complexity index is 929. The van der Waals surface area contributed by atoms with E-state index in [1.807, 2.05) is 31.2 Å². The number of aromatic nitrogens is 2. The third-order valence-corrected chi connectivity index (χ3v) is 5.01. The average molecular weight is 371 g/mol. The number of para-hydroxylation sites is 1. The van der Waals surface area contributed by atoms with Crippen molar-refractivity contribution in [3.05, 3.63) is 51.6 Å². The number of carbonyl (C=O) groups is 2.